The number of amides is 3. The number of thioether (sulfide) groups is 1. The summed E-state index contributed by atoms with van der Waals surface area (Å²) in [6.45, 7) is 19.6. The molecule has 0 bridgehead atoms. The van der Waals surface area contributed by atoms with Gasteiger partial charge in [0.05, 0.1) is 24.1 Å². The van der Waals surface area contributed by atoms with Crippen LogP contribution >= 0.6 is 11.8 Å². The lowest BCUT2D eigenvalue weighted by Gasteiger charge is -2.41. The SMILES string of the molecule is CC(C)(C)C(CCN(C(=O)CSCCNC(=O)OCC[Si](C)(C)C)[C@@H](c1nc(-c2cc(F)ccc2F)cn1Cc1ccccc1)C(C)(C)C)OC(N)=O. The molecule has 1 heterocycles. The second-order valence-corrected chi connectivity index (χ2v) is 23.3. The third kappa shape index (κ3) is 14.1. The molecule has 10 nitrogen and oxygen atoms in total. The van der Waals surface area contributed by atoms with Crippen molar-refractivity contribution in [3.63, 3.8) is 0 Å². The van der Waals surface area contributed by atoms with Gasteiger partial charge in [-0.25, -0.2) is 23.4 Å². The van der Waals surface area contributed by atoms with Crippen LogP contribution in [-0.4, -0.2) is 77.9 Å². The average Bonchev–Trinajstić information content (AvgIpc) is 3.43. The number of nitrogens with two attached hydrogens (primary N) is 1. The number of hydrogen-bond acceptors (Lipinski definition) is 7. The minimum absolute atomic E-state index is 0.00770. The summed E-state index contributed by atoms with van der Waals surface area (Å²) in [6, 6.07) is 13.1. The Morgan fingerprint density at radius 2 is 1.70 bits per heavy atom. The van der Waals surface area contributed by atoms with Gasteiger partial charge in [0.25, 0.3) is 0 Å². The molecular formula is C39H57F2N5O5SSi. The molecule has 0 saturated carbocycles. The lowest BCUT2D eigenvalue weighted by molar-refractivity contribution is -0.134. The maximum atomic E-state index is 15.2. The van der Waals surface area contributed by atoms with Gasteiger partial charge in [-0.05, 0) is 40.6 Å². The second kappa shape index (κ2) is 18.9. The first-order chi connectivity index (χ1) is 24.7. The molecular weight excluding hydrogens is 717 g/mol. The standard InChI is InChI=1S/C39H57F2N5O5SSi/c1-38(2,3)32(51-36(42)48)17-19-46(33(47)26-52-21-18-43-37(49)50-20-22-53(7,8)9)34(39(4,5)6)35-44-31(29-23-28(40)15-16-30(29)41)25-45(35)24-27-13-11-10-12-14-27/h10-16,23,25,32,34H,17-22,24,26H2,1-9H3,(H2,42,48)(H,43,49)/t32?,34-/m0/s1. The molecule has 0 spiro atoms. The minimum atomic E-state index is -1.34. The van der Waals surface area contributed by atoms with E-state index in [9.17, 15) is 18.8 Å². The number of imidazole rings is 1. The molecule has 3 amide bonds. The van der Waals surface area contributed by atoms with Crippen LogP contribution in [0.4, 0.5) is 18.4 Å². The molecule has 0 saturated heterocycles. The predicted molar refractivity (Wildman–Crippen MR) is 210 cm³/mol. The third-order valence-corrected chi connectivity index (χ3v) is 11.2. The third-order valence-electron chi connectivity index (χ3n) is 8.59. The van der Waals surface area contributed by atoms with Crippen LogP contribution in [-0.2, 0) is 20.8 Å². The van der Waals surface area contributed by atoms with Crippen molar-refractivity contribution in [2.75, 3.05) is 31.2 Å². The molecule has 0 aliphatic carbocycles. The van der Waals surface area contributed by atoms with Gasteiger partial charge in [-0.3, -0.25) is 4.79 Å². The summed E-state index contributed by atoms with van der Waals surface area (Å²) in [7, 11) is -1.34. The number of carbonyl (C=O) groups excluding carboxylic acids is 3. The Balaban J connectivity index is 1.99. The van der Waals surface area contributed by atoms with E-state index in [1.54, 1.807) is 11.1 Å². The summed E-state index contributed by atoms with van der Waals surface area (Å²) in [5, 5.41) is 2.75. The highest BCUT2D eigenvalue weighted by Crippen LogP contribution is 2.40. The van der Waals surface area contributed by atoms with Crippen LogP contribution in [0.3, 0.4) is 0 Å². The second-order valence-electron chi connectivity index (χ2n) is 16.6. The lowest BCUT2D eigenvalue weighted by atomic mass is 9.83. The summed E-state index contributed by atoms with van der Waals surface area (Å²) in [6.07, 6.45) is -0.0227. The van der Waals surface area contributed by atoms with Crippen molar-refractivity contribution in [3.8, 4) is 11.3 Å². The predicted octanol–water partition coefficient (Wildman–Crippen LogP) is 8.49. The topological polar surface area (TPSA) is 129 Å². The number of halogens is 2. The zero-order valence-corrected chi connectivity index (χ0v) is 34.4. The van der Waals surface area contributed by atoms with E-state index in [4.69, 9.17) is 20.2 Å². The van der Waals surface area contributed by atoms with Crippen LogP contribution in [0.25, 0.3) is 11.3 Å². The molecule has 3 aromatic rings. The first-order valence-electron chi connectivity index (χ1n) is 18.0. The van der Waals surface area contributed by atoms with E-state index in [0.29, 0.717) is 31.3 Å². The Bertz CT molecular complexity index is 1670. The highest BCUT2D eigenvalue weighted by molar-refractivity contribution is 7.99. The van der Waals surface area contributed by atoms with Crippen molar-refractivity contribution in [2.24, 2.45) is 16.6 Å². The van der Waals surface area contributed by atoms with Crippen LogP contribution < -0.4 is 11.1 Å². The zero-order valence-electron chi connectivity index (χ0n) is 32.6. The van der Waals surface area contributed by atoms with Gasteiger partial charge < -0.3 is 30.0 Å². The van der Waals surface area contributed by atoms with Crippen LogP contribution in [0.2, 0.25) is 25.7 Å². The van der Waals surface area contributed by atoms with E-state index in [2.05, 4.69) is 25.0 Å². The van der Waals surface area contributed by atoms with E-state index in [-0.39, 0.29) is 35.9 Å². The van der Waals surface area contributed by atoms with E-state index >= 15 is 4.39 Å². The minimum Gasteiger partial charge on any atom is -0.450 e. The van der Waals surface area contributed by atoms with Gasteiger partial charge in [-0.1, -0.05) is 91.5 Å². The maximum absolute atomic E-state index is 15.2. The van der Waals surface area contributed by atoms with Crippen LogP contribution in [0.15, 0.2) is 54.7 Å². The Morgan fingerprint density at radius 1 is 1.02 bits per heavy atom. The molecule has 0 aliphatic heterocycles. The van der Waals surface area contributed by atoms with Gasteiger partial charge in [0.2, 0.25) is 5.91 Å². The van der Waals surface area contributed by atoms with Crippen molar-refractivity contribution in [3.05, 3.63) is 77.8 Å². The molecule has 0 fully saturated rings. The largest absolute Gasteiger partial charge is 0.450 e. The van der Waals surface area contributed by atoms with Crippen LogP contribution in [0, 0.1) is 22.5 Å². The van der Waals surface area contributed by atoms with E-state index in [0.717, 1.165) is 29.8 Å². The smallest absolute Gasteiger partial charge is 0.407 e. The molecule has 0 aliphatic rings. The molecule has 2 atom stereocenters. The van der Waals surface area contributed by atoms with Gasteiger partial charge in [0.1, 0.15) is 23.6 Å². The van der Waals surface area contributed by atoms with E-state index in [1.165, 1.54) is 11.8 Å². The van der Waals surface area contributed by atoms with Gasteiger partial charge in [-0.2, -0.15) is 11.8 Å². The van der Waals surface area contributed by atoms with E-state index in [1.807, 2.05) is 76.4 Å². The van der Waals surface area contributed by atoms with Gasteiger partial charge in [0.15, 0.2) is 0 Å². The molecule has 53 heavy (non-hydrogen) atoms. The fraction of sp³-hybridized carbons (Fsp3) is 0.538. The number of nitrogens with one attached hydrogen (secondary N) is 1. The lowest BCUT2D eigenvalue weighted by Crippen LogP contribution is -2.46. The molecule has 14 heteroatoms. The number of nitrogens with zero attached hydrogens (tertiary/aromatic N) is 3. The summed E-state index contributed by atoms with van der Waals surface area (Å²) < 4.78 is 42.3. The summed E-state index contributed by atoms with van der Waals surface area (Å²) in [5.74, 6) is -0.385. The van der Waals surface area contributed by atoms with Crippen molar-refractivity contribution in [1.82, 2.24) is 19.8 Å². The summed E-state index contributed by atoms with van der Waals surface area (Å²) in [5.41, 5.74) is 5.55. The van der Waals surface area contributed by atoms with Crippen LogP contribution in [0.1, 0.15) is 65.4 Å². The van der Waals surface area contributed by atoms with Crippen LogP contribution in [0.5, 0.6) is 0 Å². The van der Waals surface area contributed by atoms with Gasteiger partial charge >= 0.3 is 12.2 Å². The Hall–Kier alpha value is -3.91. The Morgan fingerprint density at radius 3 is 2.30 bits per heavy atom. The molecule has 2 aromatic carbocycles. The Labute approximate surface area is 318 Å². The molecule has 3 rings (SSSR count). The van der Waals surface area contributed by atoms with E-state index < -0.39 is 54.9 Å². The molecule has 292 valence electrons. The number of carbonyl (C=O) groups is 3. The van der Waals surface area contributed by atoms with Gasteiger partial charge in [-0.15, -0.1) is 0 Å². The maximum Gasteiger partial charge on any atom is 0.407 e. The molecule has 1 unspecified atom stereocenters. The average molecular weight is 774 g/mol. The fourth-order valence-electron chi connectivity index (χ4n) is 5.80. The number of hydrogen-bond donors (Lipinski definition) is 2. The number of alkyl carbamates (subject to hydrolysis) is 1. The number of aromatic nitrogens is 2. The highest BCUT2D eigenvalue weighted by atomic mass is 32.2. The number of benzene rings is 2. The summed E-state index contributed by atoms with van der Waals surface area (Å²) >= 11 is 1.37. The zero-order chi connectivity index (χ0) is 39.6. The van der Waals surface area contributed by atoms with Crippen molar-refractivity contribution < 1.29 is 32.6 Å². The highest BCUT2D eigenvalue weighted by Gasteiger charge is 2.39. The monoisotopic (exact) mass is 773 g/mol. The van der Waals surface area contributed by atoms with Crippen molar-refractivity contribution in [1.29, 1.82) is 0 Å². The number of rotatable bonds is 17. The molecule has 1 aromatic heterocycles. The normalized spacial score (nSPS) is 13.3. The number of ether oxygens (including phenoxy) is 2. The Kier molecular flexibility index (Phi) is 15.5. The van der Waals surface area contributed by atoms with Gasteiger partial charge in [0, 0.05) is 51.6 Å². The fourth-order valence-corrected chi connectivity index (χ4v) is 7.25. The first-order valence-corrected chi connectivity index (χ1v) is 22.8. The summed E-state index contributed by atoms with van der Waals surface area (Å²) in [4.78, 5) is 45.2. The first kappa shape index (κ1) is 43.5. The molecule has 0 radical (unpaired) electrons. The number of primary amides is 1. The quantitative estimate of drug-likeness (QED) is 0.104. The molecule has 3 N–H and O–H groups in total. The van der Waals surface area contributed by atoms with Crippen molar-refractivity contribution in [2.45, 2.75) is 92.3 Å². The van der Waals surface area contributed by atoms with Crippen molar-refractivity contribution >= 4 is 37.9 Å².